The third kappa shape index (κ3) is 8.14. The molecule has 1 N–H and O–H groups in total. The average molecular weight is 596 g/mol. The van der Waals surface area contributed by atoms with Crippen LogP contribution in [0.2, 0.25) is 0 Å². The SMILES string of the molecule is CCOP(=O)(CC(N=[N+]=[N-])[C@H]1O[C@@H](n2cc(C)c(=O)[nH]c2=O)[C@H](OCCOC)[C@@H]1OC(=O)c1ccccc1)OCC. The van der Waals surface area contributed by atoms with Gasteiger partial charge in [-0.2, -0.15) is 0 Å². The predicted molar refractivity (Wildman–Crippen MR) is 146 cm³/mol. The van der Waals surface area contributed by atoms with Crippen molar-refractivity contribution in [2.45, 2.75) is 51.4 Å². The van der Waals surface area contributed by atoms with E-state index in [1.165, 1.54) is 20.2 Å². The van der Waals surface area contributed by atoms with Gasteiger partial charge in [0.1, 0.15) is 12.2 Å². The fourth-order valence-electron chi connectivity index (χ4n) is 4.36. The molecular formula is C25H34N5O10P. The summed E-state index contributed by atoms with van der Waals surface area (Å²) >= 11 is 0. The van der Waals surface area contributed by atoms with Crippen LogP contribution < -0.4 is 11.2 Å². The molecule has 3 rings (SSSR count). The fraction of sp³-hybridized carbons (Fsp3) is 0.560. The number of methoxy groups -OCH3 is 1. The second-order valence-corrected chi connectivity index (χ2v) is 11.0. The van der Waals surface area contributed by atoms with Crippen LogP contribution in [0.5, 0.6) is 0 Å². The molecule has 2 aromatic rings. The quantitative estimate of drug-likeness (QED) is 0.0799. The number of nitrogens with one attached hydrogen (secondary N) is 1. The molecule has 0 bridgehead atoms. The van der Waals surface area contributed by atoms with Gasteiger partial charge in [0.05, 0.1) is 44.2 Å². The number of hydrogen-bond acceptors (Lipinski definition) is 11. The van der Waals surface area contributed by atoms with Crippen molar-refractivity contribution in [2.75, 3.05) is 39.7 Å². The maximum absolute atomic E-state index is 13.5. The molecule has 16 heteroatoms. The van der Waals surface area contributed by atoms with E-state index in [1.54, 1.807) is 44.2 Å². The van der Waals surface area contributed by atoms with Crippen LogP contribution in [0.1, 0.15) is 36.0 Å². The summed E-state index contributed by atoms with van der Waals surface area (Å²) in [5.74, 6) is -0.743. The number of carbonyl (C=O) groups is 1. The molecule has 5 atom stereocenters. The minimum atomic E-state index is -3.80. The van der Waals surface area contributed by atoms with Crippen molar-refractivity contribution in [3.05, 3.63) is 78.9 Å². The van der Waals surface area contributed by atoms with Crippen molar-refractivity contribution in [1.82, 2.24) is 9.55 Å². The number of carbonyl (C=O) groups excluding carboxylic acids is 1. The first-order valence-corrected chi connectivity index (χ1v) is 14.7. The van der Waals surface area contributed by atoms with E-state index in [9.17, 15) is 24.5 Å². The molecule has 1 aliphatic rings. The van der Waals surface area contributed by atoms with Crippen LogP contribution in [0.4, 0.5) is 0 Å². The molecule has 1 aromatic heterocycles. The van der Waals surface area contributed by atoms with Crippen molar-refractivity contribution < 1.29 is 37.4 Å². The summed E-state index contributed by atoms with van der Waals surface area (Å²) in [7, 11) is -2.33. The third-order valence-corrected chi connectivity index (χ3v) is 8.26. The van der Waals surface area contributed by atoms with Gasteiger partial charge < -0.3 is 28.0 Å². The van der Waals surface area contributed by atoms with Gasteiger partial charge in [0.2, 0.25) is 0 Å². The summed E-state index contributed by atoms with van der Waals surface area (Å²) in [4.78, 5) is 43.3. The Morgan fingerprint density at radius 3 is 2.46 bits per heavy atom. The summed E-state index contributed by atoms with van der Waals surface area (Å²) in [5, 5.41) is 3.81. The molecule has 0 amide bonds. The maximum atomic E-state index is 13.5. The van der Waals surface area contributed by atoms with Crippen molar-refractivity contribution in [1.29, 1.82) is 0 Å². The third-order valence-electron chi connectivity index (χ3n) is 6.14. The molecule has 224 valence electrons. The van der Waals surface area contributed by atoms with E-state index in [0.29, 0.717) is 0 Å². The average Bonchev–Trinajstić information content (AvgIpc) is 3.28. The van der Waals surface area contributed by atoms with Gasteiger partial charge in [0.15, 0.2) is 12.3 Å². The Balaban J connectivity index is 2.13. The standard InChI is InChI=1S/C25H34N5O10P/c1-5-37-41(34,38-6-2)15-18(28-29-26)19-20(40-24(32)17-10-8-7-9-11-17)21(36-13-12-35-4)23(39-19)30-14-16(3)22(31)27-25(30)33/h7-11,14,18-21,23H,5-6,12-13,15H2,1-4H3,(H,27,31,33)/t18?,19-,20-,21-,23-/m1/s1. The van der Waals surface area contributed by atoms with E-state index in [4.69, 9.17) is 28.0 Å². The van der Waals surface area contributed by atoms with Crippen LogP contribution in [-0.2, 0) is 32.6 Å². The molecule has 0 radical (unpaired) electrons. The van der Waals surface area contributed by atoms with E-state index in [2.05, 4.69) is 15.0 Å². The Labute approximate surface area is 235 Å². The number of aromatic nitrogens is 2. The number of nitrogens with zero attached hydrogens (tertiary/aromatic N) is 4. The Morgan fingerprint density at radius 1 is 1.17 bits per heavy atom. The molecular weight excluding hydrogens is 561 g/mol. The van der Waals surface area contributed by atoms with Gasteiger partial charge in [0.25, 0.3) is 5.56 Å². The largest absolute Gasteiger partial charge is 0.453 e. The van der Waals surface area contributed by atoms with E-state index < -0.39 is 61.6 Å². The summed E-state index contributed by atoms with van der Waals surface area (Å²) in [6.45, 7) is 5.02. The molecule has 0 saturated carbocycles. The molecule has 15 nitrogen and oxygen atoms in total. The normalized spacial score (nSPS) is 21.3. The minimum Gasteiger partial charge on any atom is -0.453 e. The zero-order valence-corrected chi connectivity index (χ0v) is 24.1. The number of benzene rings is 1. The Kier molecular flexibility index (Phi) is 11.9. The highest BCUT2D eigenvalue weighted by molar-refractivity contribution is 7.53. The van der Waals surface area contributed by atoms with E-state index in [1.807, 2.05) is 0 Å². The molecule has 1 fully saturated rings. The van der Waals surface area contributed by atoms with E-state index in [0.717, 1.165) is 4.57 Å². The highest BCUT2D eigenvalue weighted by Crippen LogP contribution is 2.50. The smallest absolute Gasteiger partial charge is 0.338 e. The molecule has 0 spiro atoms. The maximum Gasteiger partial charge on any atom is 0.338 e. The number of ether oxygens (including phenoxy) is 4. The number of azide groups is 1. The van der Waals surface area contributed by atoms with Gasteiger partial charge in [-0.25, -0.2) is 9.59 Å². The number of rotatable bonds is 15. The highest BCUT2D eigenvalue weighted by atomic mass is 31.2. The number of esters is 1. The van der Waals surface area contributed by atoms with Crippen molar-refractivity contribution in [2.24, 2.45) is 5.11 Å². The number of hydrogen-bond donors (Lipinski definition) is 1. The second-order valence-electron chi connectivity index (χ2n) is 8.94. The number of aromatic amines is 1. The molecule has 1 unspecified atom stereocenters. The van der Waals surface area contributed by atoms with Gasteiger partial charge in [-0.1, -0.05) is 23.3 Å². The van der Waals surface area contributed by atoms with Crippen LogP contribution in [0.25, 0.3) is 10.4 Å². The Hall–Kier alpha value is -3.29. The van der Waals surface area contributed by atoms with Crippen molar-refractivity contribution in [3.63, 3.8) is 0 Å². The van der Waals surface area contributed by atoms with Gasteiger partial charge in [-0.05, 0) is 38.4 Å². The Bertz CT molecular complexity index is 1370. The molecule has 1 saturated heterocycles. The van der Waals surface area contributed by atoms with Gasteiger partial charge in [-0.15, -0.1) is 0 Å². The first kappa shape index (κ1) is 32.2. The van der Waals surface area contributed by atoms with Gasteiger partial charge in [-0.3, -0.25) is 18.9 Å². The zero-order chi connectivity index (χ0) is 30.0. The number of aryl methyl sites for hydroxylation is 1. The molecule has 1 aromatic carbocycles. The van der Waals surface area contributed by atoms with Crippen LogP contribution in [0.15, 0.2) is 51.2 Å². The van der Waals surface area contributed by atoms with Crippen LogP contribution in [0.3, 0.4) is 0 Å². The summed E-state index contributed by atoms with van der Waals surface area (Å²) in [6.07, 6.45) is -4.10. The fourth-order valence-corrected chi connectivity index (χ4v) is 6.17. The Morgan fingerprint density at radius 2 is 1.85 bits per heavy atom. The predicted octanol–water partition coefficient (Wildman–Crippen LogP) is 2.94. The lowest BCUT2D eigenvalue weighted by molar-refractivity contribution is -0.0823. The number of H-pyrrole nitrogens is 1. The minimum absolute atomic E-state index is 0.00674. The molecule has 1 aliphatic heterocycles. The molecule has 41 heavy (non-hydrogen) atoms. The van der Waals surface area contributed by atoms with Crippen molar-refractivity contribution >= 4 is 13.6 Å². The van der Waals surface area contributed by atoms with Crippen molar-refractivity contribution in [3.8, 4) is 0 Å². The highest BCUT2D eigenvalue weighted by Gasteiger charge is 2.53. The van der Waals surface area contributed by atoms with Gasteiger partial charge >= 0.3 is 19.3 Å². The summed E-state index contributed by atoms with van der Waals surface area (Å²) in [5.41, 5.74) is 8.43. The van der Waals surface area contributed by atoms with Crippen LogP contribution in [0, 0.1) is 6.92 Å². The topological polar surface area (TPSA) is 193 Å². The summed E-state index contributed by atoms with van der Waals surface area (Å²) < 4.78 is 48.6. The first-order chi connectivity index (χ1) is 19.7. The van der Waals surface area contributed by atoms with Crippen LogP contribution in [-0.4, -0.2) is 79.6 Å². The summed E-state index contributed by atoms with van der Waals surface area (Å²) in [6, 6.07) is 6.87. The monoisotopic (exact) mass is 595 g/mol. The zero-order valence-electron chi connectivity index (χ0n) is 23.2. The molecule has 2 heterocycles. The lowest BCUT2D eigenvalue weighted by Gasteiger charge is -2.28. The van der Waals surface area contributed by atoms with E-state index in [-0.39, 0.29) is 37.6 Å². The van der Waals surface area contributed by atoms with Crippen LogP contribution >= 0.6 is 7.60 Å². The van der Waals surface area contributed by atoms with E-state index >= 15 is 0 Å². The van der Waals surface area contributed by atoms with Gasteiger partial charge in [0, 0.05) is 23.8 Å². The molecule has 0 aliphatic carbocycles. The second kappa shape index (κ2) is 15.1. The lowest BCUT2D eigenvalue weighted by Crippen LogP contribution is -2.44. The lowest BCUT2D eigenvalue weighted by atomic mass is 10.0. The first-order valence-electron chi connectivity index (χ1n) is 12.9.